The normalized spacial score (nSPS) is 20.7. The summed E-state index contributed by atoms with van der Waals surface area (Å²) in [6, 6.07) is 2.41. The molecule has 1 unspecified atom stereocenters. The molecule has 0 bridgehead atoms. The maximum absolute atomic E-state index is 12.4. The third kappa shape index (κ3) is 4.28. The highest BCUT2D eigenvalue weighted by Gasteiger charge is 2.29. The quantitative estimate of drug-likeness (QED) is 0.714. The highest BCUT2D eigenvalue weighted by molar-refractivity contribution is 9.11. The fourth-order valence-corrected chi connectivity index (χ4v) is 6.13. The summed E-state index contributed by atoms with van der Waals surface area (Å²) < 4.78 is 28.3. The van der Waals surface area contributed by atoms with Gasteiger partial charge in [-0.3, -0.25) is 0 Å². The van der Waals surface area contributed by atoms with Crippen LogP contribution in [0.25, 0.3) is 0 Å². The Kier molecular flexibility index (Phi) is 4.76. The number of hydrogen-bond donors (Lipinski definition) is 2. The molecule has 0 saturated heterocycles. The topological polar surface area (TPSA) is 58.2 Å². The van der Waals surface area contributed by atoms with E-state index in [1.54, 1.807) is 6.07 Å². The van der Waals surface area contributed by atoms with Crippen LogP contribution in [0.1, 0.15) is 37.5 Å². The molecule has 1 heterocycles. The van der Waals surface area contributed by atoms with Gasteiger partial charge in [0, 0.05) is 24.0 Å². The Bertz CT molecular complexity index is 606. The van der Waals surface area contributed by atoms with E-state index in [0.717, 1.165) is 11.4 Å². The first kappa shape index (κ1) is 15.9. The molecule has 1 atom stereocenters. The molecule has 0 amide bonds. The number of rotatable bonds is 8. The fraction of sp³-hybridized carbons (Fsp3) is 0.714. The molecule has 0 spiro atoms. The number of thiophene rings is 1. The van der Waals surface area contributed by atoms with Crippen molar-refractivity contribution in [2.75, 3.05) is 6.54 Å². The van der Waals surface area contributed by atoms with Gasteiger partial charge in [-0.25, -0.2) is 13.1 Å². The van der Waals surface area contributed by atoms with Gasteiger partial charge < -0.3 is 5.32 Å². The first-order chi connectivity index (χ1) is 9.95. The van der Waals surface area contributed by atoms with Crippen molar-refractivity contribution in [1.29, 1.82) is 0 Å². The molecule has 0 aromatic carbocycles. The molecule has 21 heavy (non-hydrogen) atoms. The third-order valence-corrected chi connectivity index (χ3v) is 7.84. The lowest BCUT2D eigenvalue weighted by Crippen LogP contribution is -2.29. The van der Waals surface area contributed by atoms with Crippen LogP contribution < -0.4 is 10.0 Å². The summed E-state index contributed by atoms with van der Waals surface area (Å²) >= 11 is 4.89. The molecule has 2 aliphatic carbocycles. The van der Waals surface area contributed by atoms with Crippen LogP contribution in [0.5, 0.6) is 0 Å². The van der Waals surface area contributed by atoms with Crippen molar-refractivity contribution in [3.63, 3.8) is 0 Å². The van der Waals surface area contributed by atoms with E-state index in [-0.39, 0.29) is 0 Å². The molecule has 1 aromatic heterocycles. The minimum absolute atomic E-state index is 0.378. The zero-order valence-electron chi connectivity index (χ0n) is 12.1. The Morgan fingerprint density at radius 2 is 2.10 bits per heavy atom. The number of nitrogens with one attached hydrogen (secondary N) is 2. The maximum atomic E-state index is 12.4. The van der Waals surface area contributed by atoms with E-state index in [2.05, 4.69) is 32.9 Å². The second kappa shape index (κ2) is 6.28. The standard InChI is InChI=1S/C14H21BrN2O2S2/c1-9(10-2-3-10)7-17-21(18,19)13-6-12(20-14(13)15)8-16-11-4-5-11/h6,9-11,16-17H,2-5,7-8H2,1H3. The largest absolute Gasteiger partial charge is 0.309 e. The van der Waals surface area contributed by atoms with Gasteiger partial charge in [0.1, 0.15) is 4.90 Å². The van der Waals surface area contributed by atoms with Gasteiger partial charge in [0.05, 0.1) is 3.79 Å². The van der Waals surface area contributed by atoms with Crippen molar-refractivity contribution in [3.05, 3.63) is 14.7 Å². The highest BCUT2D eigenvalue weighted by Crippen LogP contribution is 2.37. The molecule has 2 saturated carbocycles. The van der Waals surface area contributed by atoms with Gasteiger partial charge in [0.2, 0.25) is 10.0 Å². The van der Waals surface area contributed by atoms with Crippen molar-refractivity contribution in [1.82, 2.24) is 10.0 Å². The molecule has 4 nitrogen and oxygen atoms in total. The summed E-state index contributed by atoms with van der Waals surface area (Å²) in [6.45, 7) is 3.40. The summed E-state index contributed by atoms with van der Waals surface area (Å²) in [5, 5.41) is 3.41. The third-order valence-electron chi connectivity index (χ3n) is 4.16. The average Bonchev–Trinajstić information content (AvgIpc) is 3.32. The molecule has 0 radical (unpaired) electrons. The maximum Gasteiger partial charge on any atom is 0.242 e. The first-order valence-corrected chi connectivity index (χ1v) is 10.6. The molecule has 0 aliphatic heterocycles. The van der Waals surface area contributed by atoms with Crippen molar-refractivity contribution in [2.45, 2.75) is 50.1 Å². The molecule has 2 aliphatic rings. The van der Waals surface area contributed by atoms with Crippen molar-refractivity contribution in [3.8, 4) is 0 Å². The molecule has 2 N–H and O–H groups in total. The summed E-state index contributed by atoms with van der Waals surface area (Å²) in [4.78, 5) is 1.44. The van der Waals surface area contributed by atoms with Gasteiger partial charge in [0.25, 0.3) is 0 Å². The Morgan fingerprint density at radius 1 is 1.38 bits per heavy atom. The molecule has 3 rings (SSSR count). The monoisotopic (exact) mass is 392 g/mol. The van der Waals surface area contributed by atoms with Gasteiger partial charge >= 0.3 is 0 Å². The molecular formula is C14H21BrN2O2S2. The van der Waals surface area contributed by atoms with E-state index in [9.17, 15) is 8.42 Å². The minimum atomic E-state index is -3.41. The Hall–Kier alpha value is 0.0500. The van der Waals surface area contributed by atoms with Gasteiger partial charge in [-0.2, -0.15) is 0 Å². The summed E-state index contributed by atoms with van der Waals surface area (Å²) in [7, 11) is -3.41. The smallest absolute Gasteiger partial charge is 0.242 e. The highest BCUT2D eigenvalue weighted by atomic mass is 79.9. The Balaban J connectivity index is 1.62. The summed E-state index contributed by atoms with van der Waals surface area (Å²) in [6.07, 6.45) is 4.95. The van der Waals surface area contributed by atoms with E-state index in [1.807, 2.05) is 0 Å². The van der Waals surface area contributed by atoms with E-state index in [0.29, 0.717) is 33.1 Å². The SMILES string of the molecule is CC(CNS(=O)(=O)c1cc(CNC2CC2)sc1Br)C1CC1. The Morgan fingerprint density at radius 3 is 2.71 bits per heavy atom. The predicted molar refractivity (Wildman–Crippen MR) is 89.0 cm³/mol. The second-order valence-electron chi connectivity index (χ2n) is 6.17. The molecule has 118 valence electrons. The van der Waals surface area contributed by atoms with Crippen LogP contribution in [0.3, 0.4) is 0 Å². The van der Waals surface area contributed by atoms with E-state index < -0.39 is 10.0 Å². The number of sulfonamides is 1. The molecule has 7 heteroatoms. The fourth-order valence-electron chi connectivity index (χ4n) is 2.35. The zero-order chi connectivity index (χ0) is 15.0. The molecule has 2 fully saturated rings. The number of halogens is 1. The van der Waals surface area contributed by atoms with E-state index in [4.69, 9.17) is 0 Å². The van der Waals surface area contributed by atoms with Crippen molar-refractivity contribution < 1.29 is 8.42 Å². The molecule has 1 aromatic rings. The van der Waals surface area contributed by atoms with Crippen molar-refractivity contribution >= 4 is 37.3 Å². The lowest BCUT2D eigenvalue weighted by atomic mass is 10.1. The van der Waals surface area contributed by atoms with Crippen LogP contribution >= 0.6 is 27.3 Å². The predicted octanol–water partition coefficient (Wildman–Crippen LogP) is 3.09. The number of hydrogen-bond acceptors (Lipinski definition) is 4. The van der Waals surface area contributed by atoms with Crippen molar-refractivity contribution in [2.24, 2.45) is 11.8 Å². The van der Waals surface area contributed by atoms with Crippen LogP contribution in [0.15, 0.2) is 14.7 Å². The van der Waals surface area contributed by atoms with Crippen LogP contribution in [-0.2, 0) is 16.6 Å². The van der Waals surface area contributed by atoms with Gasteiger partial charge in [-0.1, -0.05) is 6.92 Å². The Labute approximate surface area is 138 Å². The van der Waals surface area contributed by atoms with E-state index in [1.165, 1.54) is 37.0 Å². The van der Waals surface area contributed by atoms with Crippen LogP contribution in [0.4, 0.5) is 0 Å². The lowest BCUT2D eigenvalue weighted by molar-refractivity contribution is 0.492. The first-order valence-electron chi connectivity index (χ1n) is 7.47. The van der Waals surface area contributed by atoms with Gasteiger partial charge in [-0.05, 0) is 59.5 Å². The van der Waals surface area contributed by atoms with Crippen LogP contribution in [0.2, 0.25) is 0 Å². The summed E-state index contributed by atoms with van der Waals surface area (Å²) in [5.74, 6) is 1.13. The average molecular weight is 393 g/mol. The van der Waals surface area contributed by atoms with Crippen LogP contribution in [-0.4, -0.2) is 21.0 Å². The minimum Gasteiger partial charge on any atom is -0.309 e. The zero-order valence-corrected chi connectivity index (χ0v) is 15.3. The van der Waals surface area contributed by atoms with E-state index >= 15 is 0 Å². The van der Waals surface area contributed by atoms with Gasteiger partial charge in [-0.15, -0.1) is 11.3 Å². The molecular weight excluding hydrogens is 372 g/mol. The second-order valence-corrected chi connectivity index (χ2v) is 10.4. The van der Waals surface area contributed by atoms with Gasteiger partial charge in [0.15, 0.2) is 0 Å². The lowest BCUT2D eigenvalue weighted by Gasteiger charge is -2.11. The van der Waals surface area contributed by atoms with Crippen LogP contribution in [0, 0.1) is 11.8 Å². The summed E-state index contributed by atoms with van der Waals surface area (Å²) in [5.41, 5.74) is 0.